The first kappa shape index (κ1) is 8.92. The predicted molar refractivity (Wildman–Crippen MR) is 48.1 cm³/mol. The summed E-state index contributed by atoms with van der Waals surface area (Å²) in [5.74, 6) is -0.962. The van der Waals surface area contributed by atoms with Crippen LogP contribution in [0.15, 0.2) is 18.2 Å². The van der Waals surface area contributed by atoms with E-state index in [-0.39, 0.29) is 16.6 Å². The number of hydrogen-bond donors (Lipinski definition) is 3. The number of imide groups is 1. The molecule has 0 fully saturated rings. The molecular weight excluding hydrogens is 185 g/mol. The second-order valence-electron chi connectivity index (χ2n) is 2.96. The lowest BCUT2D eigenvalue weighted by atomic mass is 9.79. The van der Waals surface area contributed by atoms with Crippen LogP contribution >= 0.6 is 0 Å². The van der Waals surface area contributed by atoms with Gasteiger partial charge in [0.15, 0.2) is 0 Å². The average molecular weight is 191 g/mol. The summed E-state index contributed by atoms with van der Waals surface area (Å²) in [5.41, 5.74) is 0.633. The van der Waals surface area contributed by atoms with Crippen LogP contribution in [-0.2, 0) is 0 Å². The summed E-state index contributed by atoms with van der Waals surface area (Å²) in [7, 11) is -1.64. The zero-order chi connectivity index (χ0) is 10.3. The fraction of sp³-hybridized carbons (Fsp3) is 0. The zero-order valence-corrected chi connectivity index (χ0v) is 7.02. The van der Waals surface area contributed by atoms with Crippen LogP contribution in [0.5, 0.6) is 0 Å². The first-order valence-electron chi connectivity index (χ1n) is 3.95. The lowest BCUT2D eigenvalue weighted by molar-refractivity contribution is 0.0879. The first-order valence-corrected chi connectivity index (χ1v) is 3.95. The van der Waals surface area contributed by atoms with Crippen molar-refractivity contribution in [3.05, 3.63) is 29.3 Å². The molecule has 2 amide bonds. The molecule has 14 heavy (non-hydrogen) atoms. The summed E-state index contributed by atoms with van der Waals surface area (Å²) in [6, 6.07) is 4.08. The average Bonchev–Trinajstić information content (AvgIpc) is 2.42. The van der Waals surface area contributed by atoms with Crippen LogP contribution in [0.25, 0.3) is 0 Å². The molecule has 1 aromatic rings. The van der Waals surface area contributed by atoms with Crippen LogP contribution in [-0.4, -0.2) is 29.0 Å². The van der Waals surface area contributed by atoms with E-state index in [1.165, 1.54) is 18.2 Å². The van der Waals surface area contributed by atoms with Gasteiger partial charge in [-0.05, 0) is 17.6 Å². The second kappa shape index (κ2) is 2.93. The Morgan fingerprint density at radius 1 is 1.07 bits per heavy atom. The number of carbonyl (C=O) groups excluding carboxylic acids is 2. The van der Waals surface area contributed by atoms with E-state index in [2.05, 4.69) is 5.32 Å². The highest BCUT2D eigenvalue weighted by molar-refractivity contribution is 6.58. The minimum Gasteiger partial charge on any atom is -0.423 e. The Morgan fingerprint density at radius 3 is 2.36 bits per heavy atom. The summed E-state index contributed by atoms with van der Waals surface area (Å²) >= 11 is 0. The predicted octanol–water partition coefficient (Wildman–Crippen LogP) is -1.75. The minimum atomic E-state index is -1.64. The third-order valence-electron chi connectivity index (χ3n) is 2.06. The molecule has 5 nitrogen and oxygen atoms in total. The number of amides is 2. The van der Waals surface area contributed by atoms with Gasteiger partial charge in [-0.2, -0.15) is 0 Å². The molecule has 1 aliphatic heterocycles. The van der Waals surface area contributed by atoms with Gasteiger partial charge in [0.25, 0.3) is 11.8 Å². The van der Waals surface area contributed by atoms with E-state index in [0.29, 0.717) is 0 Å². The number of benzene rings is 1. The van der Waals surface area contributed by atoms with E-state index < -0.39 is 18.9 Å². The molecule has 70 valence electrons. The summed E-state index contributed by atoms with van der Waals surface area (Å²) in [6.45, 7) is 0. The minimum absolute atomic E-state index is 0.181. The molecule has 3 N–H and O–H groups in total. The summed E-state index contributed by atoms with van der Waals surface area (Å²) in [5, 5.41) is 19.8. The number of rotatable bonds is 1. The van der Waals surface area contributed by atoms with E-state index in [0.717, 1.165) is 0 Å². The Balaban J connectivity index is 2.55. The molecule has 1 aromatic carbocycles. The lowest BCUT2D eigenvalue weighted by Gasteiger charge is -2.00. The van der Waals surface area contributed by atoms with E-state index in [9.17, 15) is 9.59 Å². The zero-order valence-electron chi connectivity index (χ0n) is 7.02. The van der Waals surface area contributed by atoms with Crippen LogP contribution in [0.1, 0.15) is 20.7 Å². The molecule has 0 aliphatic carbocycles. The van der Waals surface area contributed by atoms with Gasteiger partial charge in [0.2, 0.25) is 0 Å². The van der Waals surface area contributed by atoms with Crippen molar-refractivity contribution >= 4 is 24.4 Å². The molecule has 1 aliphatic rings. The van der Waals surface area contributed by atoms with Gasteiger partial charge >= 0.3 is 7.12 Å². The van der Waals surface area contributed by atoms with Crippen LogP contribution in [0.3, 0.4) is 0 Å². The van der Waals surface area contributed by atoms with Gasteiger partial charge in [0.1, 0.15) is 0 Å². The molecule has 0 unspecified atom stereocenters. The van der Waals surface area contributed by atoms with Gasteiger partial charge in [0.05, 0.1) is 11.1 Å². The monoisotopic (exact) mass is 191 g/mol. The maximum absolute atomic E-state index is 11.2. The highest BCUT2D eigenvalue weighted by atomic mass is 16.4. The van der Waals surface area contributed by atoms with Crippen molar-refractivity contribution in [2.45, 2.75) is 0 Å². The smallest absolute Gasteiger partial charge is 0.423 e. The number of fused-ring (bicyclic) bond motifs is 1. The summed E-state index contributed by atoms with van der Waals surface area (Å²) < 4.78 is 0. The van der Waals surface area contributed by atoms with Crippen LogP contribution in [0.2, 0.25) is 0 Å². The van der Waals surface area contributed by atoms with Crippen LogP contribution in [0, 0.1) is 0 Å². The molecule has 0 bridgehead atoms. The van der Waals surface area contributed by atoms with Crippen molar-refractivity contribution in [1.82, 2.24) is 5.32 Å². The van der Waals surface area contributed by atoms with Crippen molar-refractivity contribution in [3.63, 3.8) is 0 Å². The molecule has 0 saturated carbocycles. The van der Waals surface area contributed by atoms with Gasteiger partial charge < -0.3 is 10.0 Å². The number of hydrogen-bond acceptors (Lipinski definition) is 4. The van der Waals surface area contributed by atoms with Crippen molar-refractivity contribution in [1.29, 1.82) is 0 Å². The fourth-order valence-corrected chi connectivity index (χ4v) is 1.35. The molecule has 0 atom stereocenters. The van der Waals surface area contributed by atoms with Crippen molar-refractivity contribution in [3.8, 4) is 0 Å². The first-order chi connectivity index (χ1) is 6.59. The van der Waals surface area contributed by atoms with E-state index in [1.807, 2.05) is 0 Å². The maximum Gasteiger partial charge on any atom is 0.488 e. The second-order valence-corrected chi connectivity index (χ2v) is 2.96. The molecule has 2 rings (SSSR count). The van der Waals surface area contributed by atoms with E-state index in [4.69, 9.17) is 10.0 Å². The molecule has 0 saturated heterocycles. The molecule has 1 heterocycles. The standard InChI is InChI=1S/C8H6BNO4/c11-7-5-2-1-4(9(13)14)3-6(5)8(12)10-7/h1-3,13-14H,(H,10,11,12). The molecule has 0 aromatic heterocycles. The maximum atomic E-state index is 11.2. The largest absolute Gasteiger partial charge is 0.488 e. The number of carbonyl (C=O) groups is 2. The highest BCUT2D eigenvalue weighted by Crippen LogP contribution is 2.13. The van der Waals surface area contributed by atoms with Gasteiger partial charge in [-0.15, -0.1) is 0 Å². The van der Waals surface area contributed by atoms with Crippen LogP contribution in [0.4, 0.5) is 0 Å². The van der Waals surface area contributed by atoms with Crippen LogP contribution < -0.4 is 10.8 Å². The Morgan fingerprint density at radius 2 is 1.71 bits per heavy atom. The van der Waals surface area contributed by atoms with E-state index >= 15 is 0 Å². The number of nitrogens with one attached hydrogen (secondary N) is 1. The molecule has 6 heteroatoms. The third kappa shape index (κ3) is 1.21. The third-order valence-corrected chi connectivity index (χ3v) is 2.06. The van der Waals surface area contributed by atoms with E-state index in [1.54, 1.807) is 0 Å². The van der Waals surface area contributed by atoms with Gasteiger partial charge in [-0.1, -0.05) is 6.07 Å². The molecule has 0 spiro atoms. The summed E-state index contributed by atoms with van der Waals surface area (Å²) in [6.07, 6.45) is 0. The molecular formula is C8H6BNO4. The van der Waals surface area contributed by atoms with Crippen molar-refractivity contribution in [2.24, 2.45) is 0 Å². The SMILES string of the molecule is O=C1NC(=O)c2cc(B(O)O)ccc21. The lowest BCUT2D eigenvalue weighted by Crippen LogP contribution is -2.30. The Kier molecular flexibility index (Phi) is 1.87. The van der Waals surface area contributed by atoms with Gasteiger partial charge in [-0.25, -0.2) is 0 Å². The van der Waals surface area contributed by atoms with Crippen molar-refractivity contribution < 1.29 is 19.6 Å². The fourth-order valence-electron chi connectivity index (χ4n) is 1.35. The Hall–Kier alpha value is -1.66. The van der Waals surface area contributed by atoms with Gasteiger partial charge in [-0.3, -0.25) is 14.9 Å². The normalized spacial score (nSPS) is 13.9. The van der Waals surface area contributed by atoms with Crippen molar-refractivity contribution in [2.75, 3.05) is 0 Å². The summed E-state index contributed by atoms with van der Waals surface area (Å²) in [4.78, 5) is 22.3. The van der Waals surface area contributed by atoms with Gasteiger partial charge in [0, 0.05) is 0 Å². The quantitative estimate of drug-likeness (QED) is 0.363. The Bertz CT molecular complexity index is 429. The highest BCUT2D eigenvalue weighted by Gasteiger charge is 2.27. The Labute approximate surface area is 79.5 Å². The molecule has 0 radical (unpaired) electrons. The topological polar surface area (TPSA) is 86.6 Å².